The van der Waals surface area contributed by atoms with Crippen LogP contribution in [0.3, 0.4) is 0 Å². The van der Waals surface area contributed by atoms with E-state index in [-0.39, 0.29) is 22.0 Å². The molecule has 0 bridgehead atoms. The van der Waals surface area contributed by atoms with Crippen LogP contribution in [0, 0.1) is 0 Å². The lowest BCUT2D eigenvalue weighted by molar-refractivity contribution is 0.423. The Balaban J connectivity index is 2.10. The number of hydrogen-bond acceptors (Lipinski definition) is 5. The second-order valence-corrected chi connectivity index (χ2v) is 6.49. The molecule has 0 radical (unpaired) electrons. The number of halogens is 1. The van der Waals surface area contributed by atoms with Gasteiger partial charge in [-0.05, 0) is 31.5 Å². The minimum absolute atomic E-state index is 0.00530. The van der Waals surface area contributed by atoms with E-state index in [4.69, 9.17) is 11.6 Å². The summed E-state index contributed by atoms with van der Waals surface area (Å²) in [4.78, 5) is 0. The second kappa shape index (κ2) is 5.29. The Morgan fingerprint density at radius 1 is 1.35 bits per heavy atom. The summed E-state index contributed by atoms with van der Waals surface area (Å²) in [5.41, 5.74) is 0. The van der Waals surface area contributed by atoms with Gasteiger partial charge in [0.25, 0.3) is 0 Å². The van der Waals surface area contributed by atoms with Gasteiger partial charge in [-0.3, -0.25) is 0 Å². The second-order valence-electron chi connectivity index (χ2n) is 4.12. The van der Waals surface area contributed by atoms with E-state index in [2.05, 4.69) is 15.5 Å². The molecule has 0 spiro atoms. The number of hydrogen-bond donors (Lipinski definition) is 1. The largest absolute Gasteiger partial charge is 0.313 e. The molecule has 7 heteroatoms. The van der Waals surface area contributed by atoms with Crippen LogP contribution in [0.2, 0.25) is 5.15 Å². The molecule has 1 aromatic rings. The van der Waals surface area contributed by atoms with Gasteiger partial charge in [-0.1, -0.05) is 18.0 Å². The zero-order valence-electron chi connectivity index (χ0n) is 9.26. The summed E-state index contributed by atoms with van der Waals surface area (Å²) in [7, 11) is -3.37. The summed E-state index contributed by atoms with van der Waals surface area (Å²) in [6.45, 7) is 0.881. The number of piperidine rings is 1. The van der Waals surface area contributed by atoms with E-state index in [0.717, 1.165) is 25.8 Å². The van der Waals surface area contributed by atoms with E-state index < -0.39 is 9.84 Å². The van der Waals surface area contributed by atoms with E-state index in [1.165, 1.54) is 12.1 Å². The van der Waals surface area contributed by atoms with Crippen LogP contribution in [0.1, 0.15) is 19.3 Å². The molecule has 0 aliphatic carbocycles. The third-order valence-electron chi connectivity index (χ3n) is 2.76. The van der Waals surface area contributed by atoms with Gasteiger partial charge in [0, 0.05) is 6.04 Å². The molecule has 1 N–H and O–H groups in total. The Kier molecular flexibility index (Phi) is 3.96. The zero-order chi connectivity index (χ0) is 12.3. The summed E-state index contributed by atoms with van der Waals surface area (Å²) >= 11 is 5.57. The summed E-state index contributed by atoms with van der Waals surface area (Å²) in [5, 5.41) is 10.6. The summed E-state index contributed by atoms with van der Waals surface area (Å²) < 4.78 is 24.1. The molecule has 5 nitrogen and oxygen atoms in total. The lowest BCUT2D eigenvalue weighted by Gasteiger charge is -2.22. The summed E-state index contributed by atoms with van der Waals surface area (Å²) in [6.07, 6.45) is 3.07. The van der Waals surface area contributed by atoms with Crippen molar-refractivity contribution in [2.75, 3.05) is 12.3 Å². The van der Waals surface area contributed by atoms with Crippen LogP contribution >= 0.6 is 11.6 Å². The van der Waals surface area contributed by atoms with Crippen LogP contribution in [-0.2, 0) is 9.84 Å². The maximum atomic E-state index is 12.0. The normalized spacial score (nSPS) is 21.4. The third kappa shape index (κ3) is 3.37. The molecule has 0 aromatic carbocycles. The number of nitrogens with zero attached hydrogens (tertiary/aromatic N) is 2. The van der Waals surface area contributed by atoms with Gasteiger partial charge in [-0.25, -0.2) is 8.42 Å². The van der Waals surface area contributed by atoms with Crippen LogP contribution in [0.15, 0.2) is 17.2 Å². The molecule has 1 fully saturated rings. The first-order valence-electron chi connectivity index (χ1n) is 5.53. The van der Waals surface area contributed by atoms with Gasteiger partial charge in [0.2, 0.25) is 0 Å². The molecular formula is C10H14ClN3O2S. The fraction of sp³-hybridized carbons (Fsp3) is 0.600. The van der Waals surface area contributed by atoms with E-state index in [1.807, 2.05) is 0 Å². The molecule has 94 valence electrons. The monoisotopic (exact) mass is 275 g/mol. The first kappa shape index (κ1) is 12.7. The summed E-state index contributed by atoms with van der Waals surface area (Å²) in [5.74, 6) is 0.0727. The smallest absolute Gasteiger partial charge is 0.198 e. The molecule has 2 heterocycles. The molecule has 2 rings (SSSR count). The highest BCUT2D eigenvalue weighted by atomic mass is 35.5. The van der Waals surface area contributed by atoms with Crippen molar-refractivity contribution in [1.82, 2.24) is 15.5 Å². The Hall–Kier alpha value is -0.720. The van der Waals surface area contributed by atoms with Crippen LogP contribution in [0.5, 0.6) is 0 Å². The minimum Gasteiger partial charge on any atom is -0.313 e. The Bertz CT molecular complexity index is 469. The van der Waals surface area contributed by atoms with Gasteiger partial charge in [-0.15, -0.1) is 10.2 Å². The highest BCUT2D eigenvalue weighted by molar-refractivity contribution is 7.91. The van der Waals surface area contributed by atoms with Crippen molar-refractivity contribution in [3.63, 3.8) is 0 Å². The molecular weight excluding hydrogens is 262 g/mol. The molecule has 17 heavy (non-hydrogen) atoms. The lowest BCUT2D eigenvalue weighted by atomic mass is 10.1. The number of aromatic nitrogens is 2. The van der Waals surface area contributed by atoms with Crippen LogP contribution in [0.25, 0.3) is 0 Å². The number of sulfone groups is 1. The fourth-order valence-corrected chi connectivity index (χ4v) is 3.41. The molecule has 1 saturated heterocycles. The fourth-order valence-electron chi connectivity index (χ4n) is 1.89. The van der Waals surface area contributed by atoms with E-state index >= 15 is 0 Å². The lowest BCUT2D eigenvalue weighted by Crippen LogP contribution is -2.39. The van der Waals surface area contributed by atoms with Crippen molar-refractivity contribution in [3.8, 4) is 0 Å². The van der Waals surface area contributed by atoms with Gasteiger partial charge >= 0.3 is 0 Å². The maximum absolute atomic E-state index is 12.0. The van der Waals surface area contributed by atoms with E-state index in [9.17, 15) is 8.42 Å². The van der Waals surface area contributed by atoms with Crippen molar-refractivity contribution in [3.05, 3.63) is 17.3 Å². The van der Waals surface area contributed by atoms with E-state index in [1.54, 1.807) is 0 Å². The topological polar surface area (TPSA) is 72.0 Å². The van der Waals surface area contributed by atoms with Crippen molar-refractivity contribution in [2.24, 2.45) is 0 Å². The molecule has 1 aliphatic rings. The predicted octanol–water partition coefficient (Wildman–Crippen LogP) is 1.05. The van der Waals surface area contributed by atoms with Gasteiger partial charge in [0.15, 0.2) is 20.0 Å². The first-order chi connectivity index (χ1) is 8.08. The molecule has 0 unspecified atom stereocenters. The van der Waals surface area contributed by atoms with Gasteiger partial charge in [0.05, 0.1) is 5.75 Å². The molecule has 1 atom stereocenters. The molecule has 1 aliphatic heterocycles. The Morgan fingerprint density at radius 3 is 2.76 bits per heavy atom. The first-order valence-corrected chi connectivity index (χ1v) is 7.56. The zero-order valence-corrected chi connectivity index (χ0v) is 10.8. The van der Waals surface area contributed by atoms with Crippen molar-refractivity contribution in [1.29, 1.82) is 0 Å². The van der Waals surface area contributed by atoms with Gasteiger partial charge < -0.3 is 5.32 Å². The van der Waals surface area contributed by atoms with Gasteiger partial charge in [0.1, 0.15) is 0 Å². The summed E-state index contributed by atoms with van der Waals surface area (Å²) in [6, 6.07) is 2.86. The molecule has 0 saturated carbocycles. The van der Waals surface area contributed by atoms with Gasteiger partial charge in [-0.2, -0.15) is 0 Å². The average Bonchev–Trinajstić information content (AvgIpc) is 2.30. The third-order valence-corrected chi connectivity index (χ3v) is 4.66. The molecule has 0 amide bonds. The molecule has 1 aromatic heterocycles. The minimum atomic E-state index is -3.37. The maximum Gasteiger partial charge on any atom is 0.198 e. The van der Waals surface area contributed by atoms with Crippen molar-refractivity contribution >= 4 is 21.4 Å². The van der Waals surface area contributed by atoms with Crippen molar-refractivity contribution < 1.29 is 8.42 Å². The quantitative estimate of drug-likeness (QED) is 0.893. The number of nitrogens with one attached hydrogen (secondary N) is 1. The highest BCUT2D eigenvalue weighted by Gasteiger charge is 2.23. The van der Waals surface area contributed by atoms with Crippen LogP contribution < -0.4 is 5.32 Å². The number of rotatable bonds is 3. The Morgan fingerprint density at radius 2 is 2.18 bits per heavy atom. The van der Waals surface area contributed by atoms with Crippen LogP contribution in [0.4, 0.5) is 0 Å². The predicted molar refractivity (Wildman–Crippen MR) is 64.7 cm³/mol. The van der Waals surface area contributed by atoms with Crippen molar-refractivity contribution in [2.45, 2.75) is 30.3 Å². The van der Waals surface area contributed by atoms with Crippen LogP contribution in [-0.4, -0.2) is 37.0 Å². The Labute approximate surface area is 106 Å². The SMILES string of the molecule is O=S(=O)(C[C@H]1CCCCN1)c1ccc(Cl)nn1. The van der Waals surface area contributed by atoms with E-state index in [0.29, 0.717) is 0 Å². The standard InChI is InChI=1S/C10H14ClN3O2S/c11-9-4-5-10(14-13-9)17(15,16)7-8-3-1-2-6-12-8/h4-5,8,12H,1-3,6-7H2/t8-/m1/s1. The highest BCUT2D eigenvalue weighted by Crippen LogP contribution is 2.14. The average molecular weight is 276 g/mol.